The normalized spacial score (nSPS) is 17.8. The van der Waals surface area contributed by atoms with Crippen molar-refractivity contribution >= 4 is 11.2 Å². The number of pyridine rings is 1. The van der Waals surface area contributed by atoms with Crippen molar-refractivity contribution in [2.75, 3.05) is 19.7 Å². The van der Waals surface area contributed by atoms with E-state index in [1.165, 1.54) is 11.4 Å². The lowest BCUT2D eigenvalue weighted by Crippen LogP contribution is -2.21. The van der Waals surface area contributed by atoms with E-state index in [0.29, 0.717) is 12.5 Å². The number of nitrogens with zero attached hydrogens (tertiary/aromatic N) is 4. The highest BCUT2D eigenvalue weighted by Gasteiger charge is 2.28. The van der Waals surface area contributed by atoms with Crippen molar-refractivity contribution in [3.8, 4) is 5.75 Å². The summed E-state index contributed by atoms with van der Waals surface area (Å²) >= 11 is 0. The highest BCUT2D eigenvalue weighted by atomic mass is 16.5. The van der Waals surface area contributed by atoms with Crippen LogP contribution in [0.15, 0.2) is 42.6 Å². The molecule has 0 N–H and O–H groups in total. The molecule has 0 radical (unpaired) electrons. The van der Waals surface area contributed by atoms with Gasteiger partial charge in [-0.25, -0.2) is 9.97 Å². The molecule has 0 saturated carbocycles. The summed E-state index contributed by atoms with van der Waals surface area (Å²) in [5.74, 6) is 2.65. The first-order valence-corrected chi connectivity index (χ1v) is 9.54. The second kappa shape index (κ2) is 7.46. The molecule has 1 atom stereocenters. The molecule has 1 aliphatic rings. The minimum Gasteiger partial charge on any atom is -0.494 e. The lowest BCUT2D eigenvalue weighted by Gasteiger charge is -2.18. The third-order valence-electron chi connectivity index (χ3n) is 5.15. The van der Waals surface area contributed by atoms with Crippen LogP contribution in [0.2, 0.25) is 0 Å². The van der Waals surface area contributed by atoms with E-state index in [1.54, 1.807) is 0 Å². The molecular formula is C21H26N4O. The maximum Gasteiger partial charge on any atom is 0.159 e. The Balaban J connectivity index is 1.53. The summed E-state index contributed by atoms with van der Waals surface area (Å²) in [4.78, 5) is 11.9. The molecule has 5 nitrogen and oxygen atoms in total. The van der Waals surface area contributed by atoms with Crippen LogP contribution in [0.4, 0.5) is 0 Å². The van der Waals surface area contributed by atoms with Crippen LogP contribution >= 0.6 is 0 Å². The molecule has 3 heterocycles. The van der Waals surface area contributed by atoms with Crippen molar-refractivity contribution < 1.29 is 4.74 Å². The fraction of sp³-hybridized carbons (Fsp3) is 0.429. The number of likely N-dealkylation sites (tertiary alicyclic amines) is 1. The largest absolute Gasteiger partial charge is 0.494 e. The maximum atomic E-state index is 5.78. The minimum atomic E-state index is 0.461. The Morgan fingerprint density at radius 2 is 2.04 bits per heavy atom. The minimum absolute atomic E-state index is 0.461. The van der Waals surface area contributed by atoms with Gasteiger partial charge < -0.3 is 9.30 Å². The van der Waals surface area contributed by atoms with Gasteiger partial charge in [0.15, 0.2) is 5.65 Å². The fourth-order valence-electron chi connectivity index (χ4n) is 3.96. The molecule has 4 rings (SSSR count). The molecule has 3 aromatic rings. The Kier molecular flexibility index (Phi) is 4.89. The number of aromatic nitrogens is 3. The number of fused-ring (bicyclic) bond motifs is 1. The smallest absolute Gasteiger partial charge is 0.159 e. The quantitative estimate of drug-likeness (QED) is 0.677. The molecule has 1 saturated heterocycles. The van der Waals surface area contributed by atoms with E-state index in [2.05, 4.69) is 45.6 Å². The highest BCUT2D eigenvalue weighted by Crippen LogP contribution is 2.31. The first-order chi connectivity index (χ1) is 12.8. The number of hydrogen-bond acceptors (Lipinski definition) is 4. The van der Waals surface area contributed by atoms with E-state index in [-0.39, 0.29) is 0 Å². The zero-order valence-corrected chi connectivity index (χ0v) is 15.6. The van der Waals surface area contributed by atoms with Gasteiger partial charge in [-0.3, -0.25) is 4.90 Å². The number of benzene rings is 1. The summed E-state index contributed by atoms with van der Waals surface area (Å²) in [6.07, 6.45) is 2.99. The van der Waals surface area contributed by atoms with Crippen LogP contribution in [-0.2, 0) is 13.1 Å². The van der Waals surface area contributed by atoms with Crippen LogP contribution in [0.5, 0.6) is 5.75 Å². The van der Waals surface area contributed by atoms with Gasteiger partial charge in [-0.15, -0.1) is 0 Å². The number of hydrogen-bond donors (Lipinski definition) is 0. The molecule has 0 bridgehead atoms. The molecule has 0 amide bonds. The second-order valence-corrected chi connectivity index (χ2v) is 6.82. The number of rotatable bonds is 6. The van der Waals surface area contributed by atoms with Gasteiger partial charge in [0.2, 0.25) is 0 Å². The topological polar surface area (TPSA) is 43.2 Å². The highest BCUT2D eigenvalue weighted by molar-refractivity contribution is 5.71. The van der Waals surface area contributed by atoms with Crippen molar-refractivity contribution in [1.29, 1.82) is 0 Å². The predicted molar refractivity (Wildman–Crippen MR) is 103 cm³/mol. The van der Waals surface area contributed by atoms with Gasteiger partial charge in [0.25, 0.3) is 0 Å². The number of ether oxygens (including phenoxy) is 1. The van der Waals surface area contributed by atoms with Crippen molar-refractivity contribution in [1.82, 2.24) is 19.4 Å². The molecule has 136 valence electrons. The van der Waals surface area contributed by atoms with Crippen LogP contribution in [0, 0.1) is 0 Å². The van der Waals surface area contributed by atoms with E-state index >= 15 is 0 Å². The van der Waals surface area contributed by atoms with Gasteiger partial charge in [-0.05, 0) is 45.0 Å². The van der Waals surface area contributed by atoms with E-state index in [1.807, 2.05) is 25.3 Å². The van der Waals surface area contributed by atoms with Crippen LogP contribution < -0.4 is 4.74 Å². The maximum absolute atomic E-state index is 5.78. The molecular weight excluding hydrogens is 324 g/mol. The van der Waals surface area contributed by atoms with Crippen LogP contribution in [0.3, 0.4) is 0 Å². The first-order valence-electron chi connectivity index (χ1n) is 9.54. The Bertz CT molecular complexity index is 889. The van der Waals surface area contributed by atoms with Gasteiger partial charge in [0.05, 0.1) is 6.61 Å². The number of para-hydroxylation sites is 1. The van der Waals surface area contributed by atoms with Crippen molar-refractivity contribution in [2.24, 2.45) is 0 Å². The standard InChI is InChI=1S/C21H26N4O/c1-3-25-20(23-18-9-7-12-22-21(18)25)17-11-13-24(15-17)14-16-8-5-6-10-19(16)26-4-2/h5-10,12,17H,3-4,11,13-15H2,1-2H3. The lowest BCUT2D eigenvalue weighted by molar-refractivity contribution is 0.301. The molecule has 2 aromatic heterocycles. The SMILES string of the molecule is CCOc1ccccc1CN1CCC(c2nc3cccnc3n2CC)C1. The zero-order valence-electron chi connectivity index (χ0n) is 15.6. The molecule has 0 spiro atoms. The van der Waals surface area contributed by atoms with E-state index in [9.17, 15) is 0 Å². The Hall–Kier alpha value is -2.40. The molecule has 5 heteroatoms. The van der Waals surface area contributed by atoms with Crippen molar-refractivity contribution in [3.63, 3.8) is 0 Å². The Morgan fingerprint density at radius 1 is 1.15 bits per heavy atom. The Morgan fingerprint density at radius 3 is 2.88 bits per heavy atom. The molecule has 26 heavy (non-hydrogen) atoms. The van der Waals surface area contributed by atoms with Crippen molar-refractivity contribution in [3.05, 3.63) is 54.0 Å². The summed E-state index contributed by atoms with van der Waals surface area (Å²) in [5.41, 5.74) is 3.27. The van der Waals surface area contributed by atoms with E-state index in [0.717, 1.165) is 49.5 Å². The van der Waals surface area contributed by atoms with Gasteiger partial charge in [-0.2, -0.15) is 0 Å². The predicted octanol–water partition coefficient (Wildman–Crippen LogP) is 3.84. The number of imidazole rings is 1. The molecule has 1 aromatic carbocycles. The summed E-state index contributed by atoms with van der Waals surface area (Å²) in [5, 5.41) is 0. The molecule has 1 unspecified atom stereocenters. The van der Waals surface area contributed by atoms with E-state index < -0.39 is 0 Å². The van der Waals surface area contributed by atoms with Gasteiger partial charge in [-0.1, -0.05) is 18.2 Å². The summed E-state index contributed by atoms with van der Waals surface area (Å²) in [7, 11) is 0. The monoisotopic (exact) mass is 350 g/mol. The van der Waals surface area contributed by atoms with E-state index in [4.69, 9.17) is 9.72 Å². The average molecular weight is 350 g/mol. The van der Waals surface area contributed by atoms with Crippen LogP contribution in [0.1, 0.15) is 37.6 Å². The first kappa shape index (κ1) is 17.0. The molecule has 1 fully saturated rings. The van der Waals surface area contributed by atoms with Crippen molar-refractivity contribution in [2.45, 2.75) is 39.3 Å². The molecule has 0 aliphatic carbocycles. The molecule has 1 aliphatic heterocycles. The van der Waals surface area contributed by atoms with Crippen LogP contribution in [0.25, 0.3) is 11.2 Å². The summed E-state index contributed by atoms with van der Waals surface area (Å²) in [6, 6.07) is 12.4. The fourth-order valence-corrected chi connectivity index (χ4v) is 3.96. The zero-order chi connectivity index (χ0) is 17.9. The summed E-state index contributed by atoms with van der Waals surface area (Å²) in [6.45, 7) is 8.86. The van der Waals surface area contributed by atoms with Gasteiger partial charge in [0.1, 0.15) is 17.1 Å². The lowest BCUT2D eigenvalue weighted by atomic mass is 10.1. The van der Waals surface area contributed by atoms with Gasteiger partial charge in [0, 0.05) is 37.3 Å². The third-order valence-corrected chi connectivity index (χ3v) is 5.15. The average Bonchev–Trinajstić information content (AvgIpc) is 3.27. The van der Waals surface area contributed by atoms with Crippen LogP contribution in [-0.4, -0.2) is 39.1 Å². The second-order valence-electron chi connectivity index (χ2n) is 6.82. The Labute approximate surface area is 154 Å². The third kappa shape index (κ3) is 3.19. The number of aryl methyl sites for hydroxylation is 1. The van der Waals surface area contributed by atoms with Gasteiger partial charge >= 0.3 is 0 Å². The summed E-state index contributed by atoms with van der Waals surface area (Å²) < 4.78 is 8.06.